The van der Waals surface area contributed by atoms with E-state index in [1.807, 2.05) is 31.2 Å². The van der Waals surface area contributed by atoms with Crippen LogP contribution in [0, 0.1) is 6.92 Å². The van der Waals surface area contributed by atoms with Crippen molar-refractivity contribution in [1.82, 2.24) is 4.98 Å². The van der Waals surface area contributed by atoms with Gasteiger partial charge in [0.05, 0.1) is 4.90 Å². The lowest BCUT2D eigenvalue weighted by molar-refractivity contribution is 0.601. The zero-order valence-corrected chi connectivity index (χ0v) is 15.1. The molecule has 25 heavy (non-hydrogen) atoms. The molecule has 0 aliphatic heterocycles. The van der Waals surface area contributed by atoms with E-state index in [4.69, 9.17) is 0 Å². The van der Waals surface area contributed by atoms with E-state index in [0.717, 1.165) is 29.3 Å². The van der Waals surface area contributed by atoms with Gasteiger partial charge in [0.15, 0.2) is 0 Å². The van der Waals surface area contributed by atoms with Crippen molar-refractivity contribution in [2.45, 2.75) is 43.9 Å². The minimum absolute atomic E-state index is 0.312. The first-order valence-electron chi connectivity index (χ1n) is 8.76. The molecule has 3 aromatic rings. The number of hydrogen-bond donors (Lipinski definition) is 2. The predicted molar refractivity (Wildman–Crippen MR) is 102 cm³/mol. The SMILES string of the molecule is Cc1ccc(NS(=O)(=O)c2ccc3[nH]c4c(c3c2)CCCCC4)cc1. The molecule has 4 nitrogen and oxygen atoms in total. The van der Waals surface area contributed by atoms with Crippen LogP contribution in [0.5, 0.6) is 0 Å². The standard InChI is InChI=1S/C20H22N2O2S/c1-14-7-9-15(10-8-14)22-25(23,24)16-11-12-20-18(13-16)17-5-3-2-4-6-19(17)21-20/h7-13,21-22H,2-6H2,1H3. The van der Waals surface area contributed by atoms with Crippen molar-refractivity contribution in [1.29, 1.82) is 0 Å². The largest absolute Gasteiger partial charge is 0.358 e. The summed E-state index contributed by atoms with van der Waals surface area (Å²) in [6.07, 6.45) is 5.66. The molecule has 1 aliphatic rings. The molecule has 1 aromatic heterocycles. The highest BCUT2D eigenvalue weighted by Crippen LogP contribution is 2.30. The Bertz CT molecular complexity index is 1020. The van der Waals surface area contributed by atoms with E-state index in [2.05, 4.69) is 9.71 Å². The van der Waals surface area contributed by atoms with Gasteiger partial charge in [0.25, 0.3) is 10.0 Å². The molecule has 0 atom stereocenters. The van der Waals surface area contributed by atoms with Crippen molar-refractivity contribution in [3.63, 3.8) is 0 Å². The molecule has 130 valence electrons. The van der Waals surface area contributed by atoms with Gasteiger partial charge in [-0.3, -0.25) is 4.72 Å². The minimum Gasteiger partial charge on any atom is -0.358 e. The van der Waals surface area contributed by atoms with E-state index in [0.29, 0.717) is 10.6 Å². The van der Waals surface area contributed by atoms with Crippen molar-refractivity contribution in [2.75, 3.05) is 4.72 Å². The first-order valence-corrected chi connectivity index (χ1v) is 10.2. The Morgan fingerprint density at radius 3 is 2.52 bits per heavy atom. The summed E-state index contributed by atoms with van der Waals surface area (Å²) in [7, 11) is -3.60. The van der Waals surface area contributed by atoms with Gasteiger partial charge >= 0.3 is 0 Å². The molecule has 0 spiro atoms. The van der Waals surface area contributed by atoms with Crippen LogP contribution in [0.25, 0.3) is 10.9 Å². The Hall–Kier alpha value is -2.27. The van der Waals surface area contributed by atoms with Gasteiger partial charge in [-0.25, -0.2) is 8.42 Å². The molecule has 1 aliphatic carbocycles. The second-order valence-electron chi connectivity index (χ2n) is 6.82. The summed E-state index contributed by atoms with van der Waals surface area (Å²) < 4.78 is 28.2. The molecular weight excluding hydrogens is 332 g/mol. The summed E-state index contributed by atoms with van der Waals surface area (Å²) in [6, 6.07) is 12.7. The molecule has 0 amide bonds. The fourth-order valence-electron chi connectivity index (χ4n) is 3.56. The highest BCUT2D eigenvalue weighted by molar-refractivity contribution is 7.92. The lowest BCUT2D eigenvalue weighted by Crippen LogP contribution is -2.12. The maximum Gasteiger partial charge on any atom is 0.261 e. The van der Waals surface area contributed by atoms with E-state index in [-0.39, 0.29) is 0 Å². The number of sulfonamides is 1. The molecule has 4 rings (SSSR count). The summed E-state index contributed by atoms with van der Waals surface area (Å²) >= 11 is 0. The van der Waals surface area contributed by atoms with Crippen LogP contribution in [0.1, 0.15) is 36.1 Å². The second kappa shape index (κ2) is 6.23. The number of benzene rings is 2. The number of nitrogens with one attached hydrogen (secondary N) is 2. The van der Waals surface area contributed by atoms with Gasteiger partial charge < -0.3 is 4.98 Å². The van der Waals surface area contributed by atoms with Crippen LogP contribution in [0.3, 0.4) is 0 Å². The van der Waals surface area contributed by atoms with Crippen LogP contribution >= 0.6 is 0 Å². The van der Waals surface area contributed by atoms with Gasteiger partial charge in [0, 0.05) is 22.3 Å². The number of aryl methyl sites for hydroxylation is 3. The predicted octanol–water partition coefficient (Wildman–Crippen LogP) is 4.55. The maximum atomic E-state index is 12.8. The zero-order valence-electron chi connectivity index (χ0n) is 14.3. The average Bonchev–Trinajstić information content (AvgIpc) is 2.77. The van der Waals surface area contributed by atoms with Crippen LogP contribution in [0.2, 0.25) is 0 Å². The third-order valence-electron chi connectivity index (χ3n) is 4.93. The number of hydrogen-bond acceptors (Lipinski definition) is 2. The number of aromatic amines is 1. The summed E-state index contributed by atoms with van der Waals surface area (Å²) in [5.74, 6) is 0. The zero-order chi connectivity index (χ0) is 17.4. The van der Waals surface area contributed by atoms with E-state index in [1.165, 1.54) is 30.5 Å². The monoisotopic (exact) mass is 354 g/mol. The van der Waals surface area contributed by atoms with Crippen LogP contribution < -0.4 is 4.72 Å². The Morgan fingerprint density at radius 1 is 0.960 bits per heavy atom. The van der Waals surface area contributed by atoms with E-state index in [9.17, 15) is 8.42 Å². The Labute approximate surface area is 148 Å². The van der Waals surface area contributed by atoms with Crippen LogP contribution in [0.15, 0.2) is 47.4 Å². The maximum absolute atomic E-state index is 12.8. The molecule has 0 bridgehead atoms. The summed E-state index contributed by atoms with van der Waals surface area (Å²) in [4.78, 5) is 3.79. The van der Waals surface area contributed by atoms with Crippen molar-refractivity contribution >= 4 is 26.6 Å². The first kappa shape index (κ1) is 16.2. The molecule has 2 N–H and O–H groups in total. The Morgan fingerprint density at radius 2 is 1.72 bits per heavy atom. The Kier molecular flexibility index (Phi) is 4.04. The van der Waals surface area contributed by atoms with E-state index >= 15 is 0 Å². The third kappa shape index (κ3) is 3.16. The van der Waals surface area contributed by atoms with Gasteiger partial charge in [-0.05, 0) is 68.5 Å². The van der Waals surface area contributed by atoms with Crippen LogP contribution in [-0.2, 0) is 22.9 Å². The van der Waals surface area contributed by atoms with Crippen LogP contribution in [0.4, 0.5) is 5.69 Å². The smallest absolute Gasteiger partial charge is 0.261 e. The molecule has 0 unspecified atom stereocenters. The molecule has 0 fully saturated rings. The average molecular weight is 354 g/mol. The van der Waals surface area contributed by atoms with Gasteiger partial charge in [-0.2, -0.15) is 0 Å². The van der Waals surface area contributed by atoms with Crippen molar-refractivity contribution in [2.24, 2.45) is 0 Å². The first-order chi connectivity index (χ1) is 12.0. The summed E-state index contributed by atoms with van der Waals surface area (Å²) in [5.41, 5.74) is 5.27. The highest BCUT2D eigenvalue weighted by Gasteiger charge is 2.19. The molecule has 2 aromatic carbocycles. The molecule has 0 saturated carbocycles. The van der Waals surface area contributed by atoms with Gasteiger partial charge in [0.1, 0.15) is 0 Å². The number of rotatable bonds is 3. The fraction of sp³-hybridized carbons (Fsp3) is 0.300. The van der Waals surface area contributed by atoms with Crippen molar-refractivity contribution in [3.05, 3.63) is 59.3 Å². The van der Waals surface area contributed by atoms with Gasteiger partial charge in [-0.1, -0.05) is 24.1 Å². The number of H-pyrrole nitrogens is 1. The van der Waals surface area contributed by atoms with Crippen molar-refractivity contribution < 1.29 is 8.42 Å². The summed E-state index contributed by atoms with van der Waals surface area (Å²) in [6.45, 7) is 1.98. The van der Waals surface area contributed by atoms with E-state index in [1.54, 1.807) is 18.2 Å². The lowest BCUT2D eigenvalue weighted by atomic mass is 10.1. The fourth-order valence-corrected chi connectivity index (χ4v) is 4.65. The normalized spacial score (nSPS) is 14.9. The minimum atomic E-state index is -3.60. The molecule has 1 heterocycles. The topological polar surface area (TPSA) is 62.0 Å². The molecule has 0 radical (unpaired) electrons. The number of aromatic nitrogens is 1. The molecular formula is C20H22N2O2S. The molecule has 5 heteroatoms. The number of anilines is 1. The van der Waals surface area contributed by atoms with E-state index < -0.39 is 10.0 Å². The molecule has 0 saturated heterocycles. The number of fused-ring (bicyclic) bond motifs is 3. The Balaban J connectivity index is 1.72. The van der Waals surface area contributed by atoms with Crippen molar-refractivity contribution in [3.8, 4) is 0 Å². The van der Waals surface area contributed by atoms with Gasteiger partial charge in [-0.15, -0.1) is 0 Å². The van der Waals surface area contributed by atoms with Gasteiger partial charge in [0.2, 0.25) is 0 Å². The second-order valence-corrected chi connectivity index (χ2v) is 8.50. The lowest BCUT2D eigenvalue weighted by Gasteiger charge is -2.09. The quantitative estimate of drug-likeness (QED) is 0.678. The summed E-state index contributed by atoms with van der Waals surface area (Å²) in [5, 5.41) is 1.05. The third-order valence-corrected chi connectivity index (χ3v) is 6.31. The highest BCUT2D eigenvalue weighted by atomic mass is 32.2. The van der Waals surface area contributed by atoms with Crippen LogP contribution in [-0.4, -0.2) is 13.4 Å².